The Kier molecular flexibility index (Phi) is 3.37. The maximum absolute atomic E-state index is 12.6. The van der Waals surface area contributed by atoms with Gasteiger partial charge in [-0.1, -0.05) is 6.07 Å². The molecule has 6 heteroatoms. The Balaban J connectivity index is 1.90. The van der Waals surface area contributed by atoms with Gasteiger partial charge in [0, 0.05) is 18.8 Å². The molecule has 0 bridgehead atoms. The summed E-state index contributed by atoms with van der Waals surface area (Å²) in [6.07, 6.45) is 4.66. The zero-order valence-corrected chi connectivity index (χ0v) is 11.0. The summed E-state index contributed by atoms with van der Waals surface area (Å²) in [5, 5.41) is 6.90. The van der Waals surface area contributed by atoms with Crippen LogP contribution in [0.25, 0.3) is 0 Å². The lowest BCUT2D eigenvalue weighted by Gasteiger charge is -2.34. The highest BCUT2D eigenvalue weighted by Gasteiger charge is 2.29. The molecule has 1 fully saturated rings. The molecule has 2 aromatic heterocycles. The fourth-order valence-corrected chi connectivity index (χ4v) is 2.68. The van der Waals surface area contributed by atoms with Crippen molar-refractivity contribution in [3.05, 3.63) is 52.2 Å². The van der Waals surface area contributed by atoms with E-state index in [1.165, 1.54) is 6.07 Å². The van der Waals surface area contributed by atoms with Crippen LogP contribution in [0.5, 0.6) is 0 Å². The minimum atomic E-state index is -0.258. The average Bonchev–Trinajstić information content (AvgIpc) is 3.00. The van der Waals surface area contributed by atoms with Crippen LogP contribution >= 0.6 is 0 Å². The van der Waals surface area contributed by atoms with Gasteiger partial charge in [-0.25, -0.2) is 0 Å². The van der Waals surface area contributed by atoms with Gasteiger partial charge in [-0.3, -0.25) is 14.7 Å². The van der Waals surface area contributed by atoms with Gasteiger partial charge in [0.25, 0.3) is 5.91 Å². The number of hydrogen-bond donors (Lipinski definition) is 2. The van der Waals surface area contributed by atoms with Gasteiger partial charge in [0.05, 0.1) is 11.7 Å². The van der Waals surface area contributed by atoms with Gasteiger partial charge in [-0.05, 0) is 31.4 Å². The van der Waals surface area contributed by atoms with Crippen molar-refractivity contribution >= 4 is 5.91 Å². The summed E-state index contributed by atoms with van der Waals surface area (Å²) in [6.45, 7) is 0.694. The molecule has 0 unspecified atom stereocenters. The number of aromatic nitrogens is 3. The molecule has 20 heavy (non-hydrogen) atoms. The molecule has 1 aliphatic heterocycles. The first-order valence-corrected chi connectivity index (χ1v) is 6.75. The summed E-state index contributed by atoms with van der Waals surface area (Å²) in [6, 6.07) is 6.54. The van der Waals surface area contributed by atoms with Crippen molar-refractivity contribution in [2.75, 3.05) is 6.54 Å². The van der Waals surface area contributed by atoms with Crippen molar-refractivity contribution in [3.8, 4) is 0 Å². The molecule has 6 nitrogen and oxygen atoms in total. The lowest BCUT2D eigenvalue weighted by Crippen LogP contribution is -2.39. The third kappa shape index (κ3) is 2.36. The molecule has 0 aliphatic carbocycles. The van der Waals surface area contributed by atoms with Gasteiger partial charge < -0.3 is 9.88 Å². The number of carbonyl (C=O) groups is 1. The van der Waals surface area contributed by atoms with Crippen LogP contribution in [-0.2, 0) is 0 Å². The van der Waals surface area contributed by atoms with Gasteiger partial charge >= 0.3 is 0 Å². The number of nitrogens with zero attached hydrogens (tertiary/aromatic N) is 2. The second-order valence-electron chi connectivity index (χ2n) is 4.95. The first-order chi connectivity index (χ1) is 9.75. The monoisotopic (exact) mass is 272 g/mol. The van der Waals surface area contributed by atoms with Crippen molar-refractivity contribution in [2.45, 2.75) is 25.3 Å². The second-order valence-corrected chi connectivity index (χ2v) is 4.95. The van der Waals surface area contributed by atoms with Crippen molar-refractivity contribution < 1.29 is 4.79 Å². The number of carbonyl (C=O) groups excluding carboxylic acids is 1. The van der Waals surface area contributed by atoms with E-state index >= 15 is 0 Å². The summed E-state index contributed by atoms with van der Waals surface area (Å²) < 4.78 is 0. The Bertz CT molecular complexity index is 647. The smallest absolute Gasteiger partial charge is 0.270 e. The molecule has 0 saturated carbocycles. The highest BCUT2D eigenvalue weighted by molar-refractivity contribution is 5.92. The minimum absolute atomic E-state index is 0.00228. The predicted molar refractivity (Wildman–Crippen MR) is 73.3 cm³/mol. The van der Waals surface area contributed by atoms with Crippen molar-refractivity contribution in [1.82, 2.24) is 20.1 Å². The van der Waals surface area contributed by atoms with Crippen LogP contribution in [-0.4, -0.2) is 32.5 Å². The van der Waals surface area contributed by atoms with Gasteiger partial charge in [0.15, 0.2) is 0 Å². The van der Waals surface area contributed by atoms with Crippen LogP contribution in [0.1, 0.15) is 41.5 Å². The van der Waals surface area contributed by atoms with Gasteiger partial charge in [-0.2, -0.15) is 5.10 Å². The van der Waals surface area contributed by atoms with Gasteiger partial charge in [0.2, 0.25) is 5.56 Å². The van der Waals surface area contributed by atoms with E-state index in [2.05, 4.69) is 15.2 Å². The number of aromatic amines is 2. The van der Waals surface area contributed by atoms with Crippen LogP contribution in [0, 0.1) is 0 Å². The third-order valence-electron chi connectivity index (χ3n) is 3.64. The van der Waals surface area contributed by atoms with E-state index in [1.54, 1.807) is 18.3 Å². The summed E-state index contributed by atoms with van der Waals surface area (Å²) >= 11 is 0. The summed E-state index contributed by atoms with van der Waals surface area (Å²) in [5.41, 5.74) is 1.02. The number of rotatable bonds is 2. The van der Waals surface area contributed by atoms with Crippen molar-refractivity contribution in [1.29, 1.82) is 0 Å². The van der Waals surface area contributed by atoms with Crippen LogP contribution in [0.15, 0.2) is 35.3 Å². The molecular weight excluding hydrogens is 256 g/mol. The maximum atomic E-state index is 12.6. The first-order valence-electron chi connectivity index (χ1n) is 6.75. The molecule has 1 saturated heterocycles. The normalized spacial score (nSPS) is 19.0. The Morgan fingerprint density at radius 2 is 2.20 bits per heavy atom. The molecule has 0 aromatic carbocycles. The quantitative estimate of drug-likeness (QED) is 0.868. The first kappa shape index (κ1) is 12.7. The molecule has 3 rings (SSSR count). The van der Waals surface area contributed by atoms with E-state index in [-0.39, 0.29) is 17.5 Å². The Morgan fingerprint density at radius 3 is 2.95 bits per heavy atom. The molecule has 0 spiro atoms. The van der Waals surface area contributed by atoms with E-state index < -0.39 is 0 Å². The lowest BCUT2D eigenvalue weighted by molar-refractivity contribution is 0.0599. The van der Waals surface area contributed by atoms with Crippen molar-refractivity contribution in [3.63, 3.8) is 0 Å². The topological polar surface area (TPSA) is 81.8 Å². The molecule has 2 N–H and O–H groups in total. The number of hydrogen-bond acceptors (Lipinski definition) is 3. The molecule has 1 aliphatic rings. The van der Waals surface area contributed by atoms with E-state index in [9.17, 15) is 9.59 Å². The van der Waals surface area contributed by atoms with E-state index in [4.69, 9.17) is 0 Å². The van der Waals surface area contributed by atoms with Gasteiger partial charge in [-0.15, -0.1) is 0 Å². The largest absolute Gasteiger partial charge is 0.329 e. The molecule has 3 heterocycles. The number of piperidine rings is 1. The fraction of sp³-hybridized carbons (Fsp3) is 0.357. The highest BCUT2D eigenvalue weighted by atomic mass is 16.2. The standard InChI is InChI=1S/C14H16N4O2/c19-13-6-3-4-11(16-13)14(20)18-9-2-1-5-12(18)10-7-8-15-17-10/h3-4,6-8,12H,1-2,5,9H2,(H,15,17)(H,16,19)/t12-/m1/s1. The van der Waals surface area contributed by atoms with Crippen LogP contribution in [0.4, 0.5) is 0 Å². The van der Waals surface area contributed by atoms with E-state index in [1.807, 2.05) is 11.0 Å². The SMILES string of the molecule is O=C(c1cccc(=O)[nH]1)N1CCCC[C@@H]1c1ccn[nH]1. The fourth-order valence-electron chi connectivity index (χ4n) is 2.68. The minimum Gasteiger partial charge on any atom is -0.329 e. The molecule has 2 aromatic rings. The maximum Gasteiger partial charge on any atom is 0.270 e. The highest BCUT2D eigenvalue weighted by Crippen LogP contribution is 2.30. The third-order valence-corrected chi connectivity index (χ3v) is 3.64. The molecule has 1 amide bonds. The average molecular weight is 272 g/mol. The molecular formula is C14H16N4O2. The number of nitrogens with one attached hydrogen (secondary N) is 2. The van der Waals surface area contributed by atoms with Crippen LogP contribution in [0.2, 0.25) is 0 Å². The number of H-pyrrole nitrogens is 2. The van der Waals surface area contributed by atoms with Crippen molar-refractivity contribution in [2.24, 2.45) is 0 Å². The summed E-state index contributed by atoms with van der Waals surface area (Å²) in [7, 11) is 0. The predicted octanol–water partition coefficient (Wildman–Crippen LogP) is 1.47. The van der Waals surface area contributed by atoms with Crippen LogP contribution < -0.4 is 5.56 Å². The zero-order chi connectivity index (χ0) is 13.9. The Labute approximate surface area is 115 Å². The molecule has 1 atom stereocenters. The number of likely N-dealkylation sites (tertiary alicyclic amines) is 1. The van der Waals surface area contributed by atoms with Gasteiger partial charge in [0.1, 0.15) is 5.69 Å². The lowest BCUT2D eigenvalue weighted by atomic mass is 9.99. The Morgan fingerprint density at radius 1 is 1.30 bits per heavy atom. The molecule has 104 valence electrons. The van der Waals surface area contributed by atoms with Crippen LogP contribution in [0.3, 0.4) is 0 Å². The molecule has 0 radical (unpaired) electrons. The summed E-state index contributed by atoms with van der Waals surface area (Å²) in [4.78, 5) is 28.3. The zero-order valence-electron chi connectivity index (χ0n) is 11.0. The number of amides is 1. The second kappa shape index (κ2) is 5.32. The number of pyridine rings is 1. The van der Waals surface area contributed by atoms with E-state index in [0.717, 1.165) is 25.0 Å². The Hall–Kier alpha value is -2.37. The summed E-state index contributed by atoms with van der Waals surface area (Å²) in [5.74, 6) is -0.137. The van der Waals surface area contributed by atoms with E-state index in [0.29, 0.717) is 12.2 Å².